The van der Waals surface area contributed by atoms with Crippen molar-refractivity contribution >= 4 is 34.2 Å². The molecule has 10 heteroatoms. The number of nitrogens with one attached hydrogen (secondary N) is 1. The number of aromatic nitrogens is 3. The maximum absolute atomic E-state index is 14.0. The SMILES string of the molecule is CCOc1ccc(C(C(=O)NC(C)(C)C)N(Cc2cccs2)C(=O)Cn2nnc3ccccc32)cc1OC. The molecule has 0 spiro atoms. The second kappa shape index (κ2) is 11.6. The van der Waals surface area contributed by atoms with Crippen LogP contribution in [0.5, 0.6) is 11.5 Å². The molecular formula is C28H33N5O4S. The minimum absolute atomic E-state index is 0.0701. The zero-order valence-corrected chi connectivity index (χ0v) is 23.1. The largest absolute Gasteiger partial charge is 0.493 e. The van der Waals surface area contributed by atoms with E-state index in [-0.39, 0.29) is 24.9 Å². The molecule has 0 bridgehead atoms. The second-order valence-electron chi connectivity index (χ2n) is 9.82. The van der Waals surface area contributed by atoms with Gasteiger partial charge in [0.15, 0.2) is 11.5 Å². The van der Waals surface area contributed by atoms with Gasteiger partial charge in [-0.05, 0) is 69.0 Å². The molecule has 2 heterocycles. The molecule has 38 heavy (non-hydrogen) atoms. The number of rotatable bonds is 10. The maximum Gasteiger partial charge on any atom is 0.247 e. The van der Waals surface area contributed by atoms with Crippen LogP contribution in [0.1, 0.15) is 44.2 Å². The van der Waals surface area contributed by atoms with Crippen molar-refractivity contribution in [2.45, 2.75) is 52.4 Å². The van der Waals surface area contributed by atoms with Crippen LogP contribution in [0.25, 0.3) is 11.0 Å². The van der Waals surface area contributed by atoms with Crippen molar-refractivity contribution in [1.82, 2.24) is 25.2 Å². The second-order valence-corrected chi connectivity index (χ2v) is 10.9. The van der Waals surface area contributed by atoms with Crippen molar-refractivity contribution in [3.05, 3.63) is 70.4 Å². The molecule has 4 rings (SSSR count). The van der Waals surface area contributed by atoms with Gasteiger partial charge >= 0.3 is 0 Å². The lowest BCUT2D eigenvalue weighted by molar-refractivity contribution is -0.142. The van der Waals surface area contributed by atoms with E-state index in [1.807, 2.05) is 69.5 Å². The Hall–Kier alpha value is -3.92. The van der Waals surface area contributed by atoms with Gasteiger partial charge in [-0.2, -0.15) is 0 Å². The van der Waals surface area contributed by atoms with Crippen LogP contribution in [0, 0.1) is 0 Å². The highest BCUT2D eigenvalue weighted by Gasteiger charge is 2.34. The number of methoxy groups -OCH3 is 1. The summed E-state index contributed by atoms with van der Waals surface area (Å²) in [6.07, 6.45) is 0. The summed E-state index contributed by atoms with van der Waals surface area (Å²) in [5.74, 6) is 0.496. The average Bonchev–Trinajstić information content (AvgIpc) is 3.53. The van der Waals surface area contributed by atoms with Gasteiger partial charge in [-0.25, -0.2) is 4.68 Å². The lowest BCUT2D eigenvalue weighted by Crippen LogP contribution is -2.49. The summed E-state index contributed by atoms with van der Waals surface area (Å²) >= 11 is 1.53. The van der Waals surface area contributed by atoms with Gasteiger partial charge in [0, 0.05) is 10.4 Å². The lowest BCUT2D eigenvalue weighted by atomic mass is 10.0. The molecule has 9 nitrogen and oxygen atoms in total. The third kappa shape index (κ3) is 6.31. The molecule has 2 aromatic heterocycles. The molecule has 0 fully saturated rings. The zero-order valence-electron chi connectivity index (χ0n) is 22.3. The number of carbonyl (C=O) groups is 2. The molecule has 200 valence electrons. The summed E-state index contributed by atoms with van der Waals surface area (Å²) in [5.41, 5.74) is 1.55. The van der Waals surface area contributed by atoms with Gasteiger partial charge in [0.05, 0.1) is 25.8 Å². The van der Waals surface area contributed by atoms with Crippen LogP contribution >= 0.6 is 11.3 Å². The Morgan fingerprint density at radius 2 is 1.89 bits per heavy atom. The van der Waals surface area contributed by atoms with Crippen molar-refractivity contribution in [2.24, 2.45) is 0 Å². The molecule has 0 radical (unpaired) electrons. The molecule has 1 N–H and O–H groups in total. The molecule has 2 amide bonds. The Labute approximate surface area is 226 Å². The number of hydrogen-bond acceptors (Lipinski definition) is 7. The predicted octanol–water partition coefficient (Wildman–Crippen LogP) is 4.58. The van der Waals surface area contributed by atoms with E-state index in [1.165, 1.54) is 11.3 Å². The number of nitrogens with zero attached hydrogens (tertiary/aromatic N) is 4. The summed E-state index contributed by atoms with van der Waals surface area (Å²) in [6.45, 7) is 8.27. The monoisotopic (exact) mass is 535 g/mol. The summed E-state index contributed by atoms with van der Waals surface area (Å²) in [7, 11) is 1.55. The highest BCUT2D eigenvalue weighted by atomic mass is 32.1. The number of carbonyl (C=O) groups excluding carboxylic acids is 2. The van der Waals surface area contributed by atoms with Crippen LogP contribution in [-0.4, -0.2) is 51.0 Å². The Balaban J connectivity index is 1.78. The topological polar surface area (TPSA) is 98.6 Å². The molecule has 0 aliphatic rings. The van der Waals surface area contributed by atoms with Gasteiger partial charge in [0.25, 0.3) is 0 Å². The van der Waals surface area contributed by atoms with Crippen molar-refractivity contribution in [2.75, 3.05) is 13.7 Å². The van der Waals surface area contributed by atoms with E-state index in [1.54, 1.807) is 34.9 Å². The van der Waals surface area contributed by atoms with Gasteiger partial charge in [0.2, 0.25) is 11.8 Å². The molecule has 0 aliphatic heterocycles. The summed E-state index contributed by atoms with van der Waals surface area (Å²) in [6, 6.07) is 15.8. The van der Waals surface area contributed by atoms with Crippen LogP contribution < -0.4 is 14.8 Å². The Bertz CT molecular complexity index is 1390. The Morgan fingerprint density at radius 3 is 2.58 bits per heavy atom. The normalized spacial score (nSPS) is 12.2. The van der Waals surface area contributed by atoms with E-state index in [9.17, 15) is 9.59 Å². The van der Waals surface area contributed by atoms with Crippen LogP contribution in [0.15, 0.2) is 60.0 Å². The fourth-order valence-electron chi connectivity index (χ4n) is 4.19. The van der Waals surface area contributed by atoms with E-state index in [0.717, 1.165) is 10.4 Å². The fourth-order valence-corrected chi connectivity index (χ4v) is 4.89. The highest BCUT2D eigenvalue weighted by molar-refractivity contribution is 7.09. The number of benzene rings is 2. The molecule has 1 unspecified atom stereocenters. The van der Waals surface area contributed by atoms with Crippen molar-refractivity contribution in [1.29, 1.82) is 0 Å². The molecular weight excluding hydrogens is 502 g/mol. The molecule has 2 aromatic carbocycles. The number of amides is 2. The van der Waals surface area contributed by atoms with Crippen molar-refractivity contribution in [3.63, 3.8) is 0 Å². The summed E-state index contributed by atoms with van der Waals surface area (Å²) in [4.78, 5) is 30.4. The number of hydrogen-bond donors (Lipinski definition) is 1. The minimum Gasteiger partial charge on any atom is -0.493 e. The van der Waals surface area contributed by atoms with E-state index in [4.69, 9.17) is 9.47 Å². The standard InChI is InChI=1S/C28H33N5O4S/c1-6-37-23-14-13-19(16-24(23)36-5)26(27(35)29-28(2,3)4)32(17-20-10-9-15-38-20)25(34)18-33-22-12-8-7-11-21(22)30-31-33/h7-16,26H,6,17-18H2,1-5H3,(H,29,35). The first-order valence-corrected chi connectivity index (χ1v) is 13.3. The Morgan fingerprint density at radius 1 is 1.11 bits per heavy atom. The minimum atomic E-state index is -0.928. The first-order valence-electron chi connectivity index (χ1n) is 12.4. The number of para-hydroxylation sites is 1. The van der Waals surface area contributed by atoms with Gasteiger partial charge in [-0.15, -0.1) is 16.4 Å². The predicted molar refractivity (Wildman–Crippen MR) is 147 cm³/mol. The summed E-state index contributed by atoms with van der Waals surface area (Å²) < 4.78 is 12.8. The van der Waals surface area contributed by atoms with Crippen molar-refractivity contribution in [3.8, 4) is 11.5 Å². The third-order valence-electron chi connectivity index (χ3n) is 5.79. The molecule has 4 aromatic rings. The highest BCUT2D eigenvalue weighted by Crippen LogP contribution is 2.34. The summed E-state index contributed by atoms with van der Waals surface area (Å²) in [5, 5.41) is 13.4. The quantitative estimate of drug-likeness (QED) is 0.319. The molecule has 0 saturated heterocycles. The van der Waals surface area contributed by atoms with E-state index < -0.39 is 11.6 Å². The van der Waals surface area contributed by atoms with Crippen LogP contribution in [0.2, 0.25) is 0 Å². The number of fused-ring (bicyclic) bond motifs is 1. The van der Waals surface area contributed by atoms with Crippen LogP contribution in [-0.2, 0) is 22.7 Å². The van der Waals surface area contributed by atoms with Crippen LogP contribution in [0.4, 0.5) is 0 Å². The van der Waals surface area contributed by atoms with Gasteiger partial charge in [0.1, 0.15) is 18.1 Å². The van der Waals surface area contributed by atoms with Gasteiger partial charge < -0.3 is 19.7 Å². The molecule has 0 aliphatic carbocycles. The van der Waals surface area contributed by atoms with Crippen LogP contribution in [0.3, 0.4) is 0 Å². The zero-order chi connectivity index (χ0) is 27.3. The lowest BCUT2D eigenvalue weighted by Gasteiger charge is -2.33. The number of ether oxygens (including phenoxy) is 2. The first-order chi connectivity index (χ1) is 18.2. The van der Waals surface area contributed by atoms with E-state index in [0.29, 0.717) is 29.2 Å². The maximum atomic E-state index is 14.0. The fraction of sp³-hybridized carbons (Fsp3) is 0.357. The van der Waals surface area contributed by atoms with Crippen molar-refractivity contribution < 1.29 is 19.1 Å². The van der Waals surface area contributed by atoms with Gasteiger partial charge in [-0.3, -0.25) is 9.59 Å². The number of thiophene rings is 1. The van der Waals surface area contributed by atoms with E-state index in [2.05, 4.69) is 15.6 Å². The Kier molecular flexibility index (Phi) is 8.31. The van der Waals surface area contributed by atoms with E-state index >= 15 is 0 Å². The third-order valence-corrected chi connectivity index (χ3v) is 6.65. The molecule has 0 saturated carbocycles. The average molecular weight is 536 g/mol. The molecule has 1 atom stereocenters. The smallest absolute Gasteiger partial charge is 0.247 e. The first kappa shape index (κ1) is 27.1. The van der Waals surface area contributed by atoms with Gasteiger partial charge in [-0.1, -0.05) is 29.5 Å².